The predicted octanol–water partition coefficient (Wildman–Crippen LogP) is -2.81. The van der Waals surface area contributed by atoms with Gasteiger partial charge in [0.05, 0.1) is 43.7 Å². The van der Waals surface area contributed by atoms with Gasteiger partial charge in [0.25, 0.3) is 0 Å². The molecule has 2 heterocycles. The summed E-state index contributed by atoms with van der Waals surface area (Å²) >= 11 is 1.35. The first-order valence-corrected chi connectivity index (χ1v) is 20.9. The summed E-state index contributed by atoms with van der Waals surface area (Å²) in [6, 6.07) is -5.92. The van der Waals surface area contributed by atoms with Gasteiger partial charge < -0.3 is 31.5 Å². The molecule has 25 nitrogen and oxygen atoms in total. The van der Waals surface area contributed by atoms with Crippen LogP contribution in [0.15, 0.2) is 24.5 Å². The zero-order valence-electron chi connectivity index (χ0n) is 31.3. The highest BCUT2D eigenvalue weighted by molar-refractivity contribution is 7.98. The SMILES string of the molecule is CCC(CSC)C(NC(=O)[C@H](Cc1cn(CCOS(=O)(=O)O)nn1)NC(=O)[C@H](/C=C\C(=O)O)NC(=O)C(NC)C(C)(C)c1cn(CCOS(=O)(=O)O)nn1)C(=O)O. The Labute approximate surface area is 331 Å². The minimum Gasteiger partial charge on any atom is -0.480 e. The van der Waals surface area contributed by atoms with Gasteiger partial charge >= 0.3 is 32.7 Å². The van der Waals surface area contributed by atoms with Crippen LogP contribution in [0.5, 0.6) is 0 Å². The maximum absolute atomic E-state index is 13.8. The molecule has 2 aromatic rings. The van der Waals surface area contributed by atoms with Crippen molar-refractivity contribution in [2.45, 2.75) is 76.3 Å². The zero-order valence-corrected chi connectivity index (χ0v) is 33.8. The molecule has 0 aliphatic heterocycles. The highest BCUT2D eigenvalue weighted by Gasteiger charge is 2.40. The van der Waals surface area contributed by atoms with Gasteiger partial charge in [0.1, 0.15) is 18.1 Å². The molecular weight excluding hydrogens is 825 g/mol. The molecule has 320 valence electrons. The van der Waals surface area contributed by atoms with E-state index in [1.165, 1.54) is 35.9 Å². The number of likely N-dealkylation sites (N-methyl/N-ethyl adjacent to an activating group) is 1. The predicted molar refractivity (Wildman–Crippen MR) is 197 cm³/mol. The lowest BCUT2D eigenvalue weighted by Crippen LogP contribution is -2.60. The van der Waals surface area contributed by atoms with Crippen molar-refractivity contribution in [2.24, 2.45) is 5.92 Å². The lowest BCUT2D eigenvalue weighted by molar-refractivity contribution is -0.143. The summed E-state index contributed by atoms with van der Waals surface area (Å²) in [5.41, 5.74) is -0.959. The molecule has 57 heavy (non-hydrogen) atoms. The number of thioether (sulfide) groups is 1. The second kappa shape index (κ2) is 21.8. The molecule has 0 fully saturated rings. The number of carboxylic acids is 2. The van der Waals surface area contributed by atoms with E-state index in [4.69, 9.17) is 9.11 Å². The van der Waals surface area contributed by atoms with E-state index in [1.54, 1.807) is 27.0 Å². The fourth-order valence-electron chi connectivity index (χ4n) is 5.28. The summed E-state index contributed by atoms with van der Waals surface area (Å²) in [5.74, 6) is -5.94. The van der Waals surface area contributed by atoms with Crippen molar-refractivity contribution in [1.29, 1.82) is 0 Å². The molecule has 3 amide bonds. The minimum atomic E-state index is -4.75. The maximum atomic E-state index is 13.8. The lowest BCUT2D eigenvalue weighted by atomic mass is 9.81. The average molecular weight is 871 g/mol. The number of carbonyl (C=O) groups is 5. The smallest absolute Gasteiger partial charge is 0.397 e. The summed E-state index contributed by atoms with van der Waals surface area (Å²) in [6.07, 6.45) is 5.76. The third kappa shape index (κ3) is 16.4. The number of carbonyl (C=O) groups excluding carboxylic acids is 3. The largest absolute Gasteiger partial charge is 0.480 e. The average Bonchev–Trinajstić information content (AvgIpc) is 3.76. The van der Waals surface area contributed by atoms with Crippen LogP contribution in [0.1, 0.15) is 38.6 Å². The standard InChI is InChI=1S/C29H46N10O15S3/c1-6-17(16-55-5)23(28(45)46)33-26(43)20(13-18-14-38(36-34-18)9-11-53-56(47,48)49)32-25(42)19(7-8-22(40)41)31-27(44)24(30-4)29(2,3)21-15-39(37-35-21)10-12-54-57(50,51)52/h7-8,14-15,17,19-20,23-24,30H,6,9-13,16H2,1-5H3,(H,31,44)(H,32,42)(H,33,43)(H,40,41)(H,45,46)(H,47,48,49)(H,50,51,52)/b8-7-/t17?,19-,20-,23?,24?/m0/s1. The summed E-state index contributed by atoms with van der Waals surface area (Å²) in [6.45, 7) is 3.50. The molecule has 0 aliphatic carbocycles. The Balaban J connectivity index is 2.42. The van der Waals surface area contributed by atoms with Crippen molar-refractivity contribution in [3.8, 4) is 0 Å². The van der Waals surface area contributed by atoms with E-state index < -0.39 is 106 Å². The Kier molecular flexibility index (Phi) is 18.6. The van der Waals surface area contributed by atoms with E-state index in [1.807, 2.05) is 0 Å². The summed E-state index contributed by atoms with van der Waals surface area (Å²) in [5, 5.41) is 45.0. The Bertz CT molecular complexity index is 1950. The molecule has 5 atom stereocenters. The first-order chi connectivity index (χ1) is 26.5. The van der Waals surface area contributed by atoms with Gasteiger partial charge in [-0.3, -0.25) is 23.5 Å². The van der Waals surface area contributed by atoms with Crippen LogP contribution in [-0.2, 0) is 78.1 Å². The quantitative estimate of drug-likeness (QED) is 0.0349. The van der Waals surface area contributed by atoms with Crippen molar-refractivity contribution < 1.29 is 68.5 Å². The van der Waals surface area contributed by atoms with Crippen LogP contribution < -0.4 is 21.3 Å². The first kappa shape index (κ1) is 48.6. The summed E-state index contributed by atoms with van der Waals surface area (Å²) in [4.78, 5) is 65.1. The number of amides is 3. The highest BCUT2D eigenvalue weighted by Crippen LogP contribution is 2.25. The molecular formula is C29H46N10O15S3. The van der Waals surface area contributed by atoms with Crippen molar-refractivity contribution >= 4 is 62.2 Å². The normalized spacial score (nSPS) is 15.0. The fourth-order valence-corrected chi connectivity index (χ4v) is 6.71. The van der Waals surface area contributed by atoms with Crippen molar-refractivity contribution in [3.05, 3.63) is 35.9 Å². The van der Waals surface area contributed by atoms with Gasteiger partial charge in [0.2, 0.25) is 17.7 Å². The Morgan fingerprint density at radius 3 is 1.98 bits per heavy atom. The Morgan fingerprint density at radius 1 is 0.895 bits per heavy atom. The summed E-state index contributed by atoms with van der Waals surface area (Å²) < 4.78 is 71.9. The molecule has 2 aromatic heterocycles. The number of hydrogen-bond donors (Lipinski definition) is 8. The third-order valence-electron chi connectivity index (χ3n) is 8.16. The van der Waals surface area contributed by atoms with E-state index in [2.05, 4.69) is 50.3 Å². The van der Waals surface area contributed by atoms with Crippen LogP contribution in [0.4, 0.5) is 0 Å². The third-order valence-corrected chi connectivity index (χ3v) is 9.85. The summed E-state index contributed by atoms with van der Waals surface area (Å²) in [7, 11) is -8.04. The lowest BCUT2D eigenvalue weighted by Gasteiger charge is -2.32. The van der Waals surface area contributed by atoms with Crippen molar-refractivity contribution in [3.63, 3.8) is 0 Å². The van der Waals surface area contributed by atoms with Crippen LogP contribution in [0.25, 0.3) is 0 Å². The fraction of sp³-hybridized carbons (Fsp3) is 0.621. The second-order valence-electron chi connectivity index (χ2n) is 12.7. The van der Waals surface area contributed by atoms with Crippen LogP contribution >= 0.6 is 11.8 Å². The number of aromatic nitrogens is 6. The molecule has 28 heteroatoms. The number of nitrogens with zero attached hydrogens (tertiary/aromatic N) is 6. The van der Waals surface area contributed by atoms with Gasteiger partial charge in [0.15, 0.2) is 0 Å². The topological polar surface area (TPSA) is 363 Å². The van der Waals surface area contributed by atoms with Gasteiger partial charge in [-0.1, -0.05) is 31.2 Å². The van der Waals surface area contributed by atoms with Gasteiger partial charge in [-0.2, -0.15) is 28.6 Å². The van der Waals surface area contributed by atoms with E-state index in [0.29, 0.717) is 18.2 Å². The zero-order chi connectivity index (χ0) is 43.1. The van der Waals surface area contributed by atoms with Gasteiger partial charge in [0, 0.05) is 30.3 Å². The maximum Gasteiger partial charge on any atom is 0.397 e. The molecule has 0 aliphatic rings. The van der Waals surface area contributed by atoms with Gasteiger partial charge in [-0.25, -0.2) is 27.3 Å². The molecule has 0 radical (unpaired) electrons. The van der Waals surface area contributed by atoms with Crippen LogP contribution in [-0.4, -0.2) is 152 Å². The van der Waals surface area contributed by atoms with E-state index in [-0.39, 0.29) is 24.5 Å². The number of carboxylic acid groups (broad SMARTS) is 2. The van der Waals surface area contributed by atoms with Crippen LogP contribution in [0.3, 0.4) is 0 Å². The van der Waals surface area contributed by atoms with Crippen LogP contribution in [0, 0.1) is 5.92 Å². The molecule has 0 saturated carbocycles. The minimum absolute atomic E-state index is 0.0431. The molecule has 8 N–H and O–H groups in total. The van der Waals surface area contributed by atoms with Gasteiger partial charge in [-0.05, 0) is 37.5 Å². The number of rotatable bonds is 26. The molecule has 0 spiro atoms. The number of hydrogen-bond acceptors (Lipinski definition) is 17. The molecule has 2 rings (SSSR count). The second-order valence-corrected chi connectivity index (χ2v) is 15.8. The van der Waals surface area contributed by atoms with E-state index in [0.717, 1.165) is 10.8 Å². The molecule has 0 bridgehead atoms. The Hall–Kier alpha value is -4.58. The molecule has 0 aromatic carbocycles. The van der Waals surface area contributed by atoms with E-state index >= 15 is 0 Å². The molecule has 3 unspecified atom stereocenters. The highest BCUT2D eigenvalue weighted by atomic mass is 32.3. The van der Waals surface area contributed by atoms with Crippen molar-refractivity contribution in [1.82, 2.24) is 51.3 Å². The Morgan fingerprint density at radius 2 is 1.47 bits per heavy atom. The number of nitrogens with one attached hydrogen (secondary N) is 4. The van der Waals surface area contributed by atoms with Crippen LogP contribution in [0.2, 0.25) is 0 Å². The monoisotopic (exact) mass is 870 g/mol. The van der Waals surface area contributed by atoms with E-state index in [9.17, 15) is 51.0 Å². The molecule has 0 saturated heterocycles. The number of aliphatic carboxylic acids is 2. The first-order valence-electron chi connectivity index (χ1n) is 16.8. The van der Waals surface area contributed by atoms with Gasteiger partial charge in [-0.15, -0.1) is 10.2 Å². The van der Waals surface area contributed by atoms with Crippen molar-refractivity contribution in [2.75, 3.05) is 32.3 Å².